The molecule has 0 spiro atoms. The zero-order valence-corrected chi connectivity index (χ0v) is 12.8. The van der Waals surface area contributed by atoms with E-state index in [0.29, 0.717) is 13.0 Å². The molecule has 1 aliphatic rings. The zero-order valence-electron chi connectivity index (χ0n) is 12.0. The van der Waals surface area contributed by atoms with Gasteiger partial charge in [-0.2, -0.15) is 4.31 Å². The molecule has 0 aromatic carbocycles. The largest absolute Gasteiger partial charge is 0.349 e. The van der Waals surface area contributed by atoms with Crippen molar-refractivity contribution in [1.82, 2.24) is 18.8 Å². The Hall–Kier alpha value is -1.41. The van der Waals surface area contributed by atoms with Gasteiger partial charge in [-0.1, -0.05) is 0 Å². The predicted molar refractivity (Wildman–Crippen MR) is 73.4 cm³/mol. The van der Waals surface area contributed by atoms with E-state index in [-0.39, 0.29) is 23.4 Å². The third-order valence-corrected chi connectivity index (χ3v) is 5.21. The molecule has 8 heteroatoms. The SMILES string of the molecule is CN(C)C(=O)C1CCCN(S(=O)(=O)c2cn(C)cn2)C1. The van der Waals surface area contributed by atoms with Gasteiger partial charge in [0, 0.05) is 40.4 Å². The van der Waals surface area contributed by atoms with Gasteiger partial charge in [0.05, 0.1) is 12.2 Å². The molecule has 1 atom stereocenters. The summed E-state index contributed by atoms with van der Waals surface area (Å²) in [7, 11) is 1.50. The summed E-state index contributed by atoms with van der Waals surface area (Å²) in [6.07, 6.45) is 4.35. The number of aryl methyl sites for hydroxylation is 1. The van der Waals surface area contributed by atoms with Crippen molar-refractivity contribution >= 4 is 15.9 Å². The Bertz CT molecular complexity index is 594. The van der Waals surface area contributed by atoms with Crippen molar-refractivity contribution in [3.05, 3.63) is 12.5 Å². The molecule has 112 valence electrons. The van der Waals surface area contributed by atoms with Gasteiger partial charge in [-0.3, -0.25) is 4.79 Å². The molecule has 0 radical (unpaired) electrons. The zero-order chi connectivity index (χ0) is 14.9. The van der Waals surface area contributed by atoms with Crippen molar-refractivity contribution in [3.8, 4) is 0 Å². The molecular formula is C12H20N4O3S. The molecule has 2 rings (SSSR count). The molecule has 20 heavy (non-hydrogen) atoms. The Labute approximate surface area is 119 Å². The molecule has 0 bridgehead atoms. The molecule has 0 N–H and O–H groups in total. The first kappa shape index (κ1) is 15.0. The number of carbonyl (C=O) groups is 1. The summed E-state index contributed by atoms with van der Waals surface area (Å²) in [6, 6.07) is 0. The first-order valence-electron chi connectivity index (χ1n) is 6.51. The van der Waals surface area contributed by atoms with E-state index in [4.69, 9.17) is 0 Å². The molecule has 1 amide bonds. The number of piperidine rings is 1. The van der Waals surface area contributed by atoms with Gasteiger partial charge in [-0.05, 0) is 12.8 Å². The Kier molecular flexibility index (Phi) is 4.14. The maximum atomic E-state index is 12.5. The fourth-order valence-corrected chi connectivity index (χ4v) is 3.87. The van der Waals surface area contributed by atoms with Crippen molar-refractivity contribution in [1.29, 1.82) is 0 Å². The fourth-order valence-electron chi connectivity index (χ4n) is 2.38. The van der Waals surface area contributed by atoms with Crippen LogP contribution in [0, 0.1) is 5.92 Å². The average Bonchev–Trinajstić information content (AvgIpc) is 2.85. The maximum absolute atomic E-state index is 12.5. The molecule has 1 aromatic rings. The Morgan fingerprint density at radius 3 is 2.70 bits per heavy atom. The minimum atomic E-state index is -3.60. The van der Waals surface area contributed by atoms with Crippen molar-refractivity contribution in [2.45, 2.75) is 17.9 Å². The summed E-state index contributed by atoms with van der Waals surface area (Å²) in [5.74, 6) is -0.289. The highest BCUT2D eigenvalue weighted by Gasteiger charge is 2.34. The summed E-state index contributed by atoms with van der Waals surface area (Å²) < 4.78 is 27.9. The number of hydrogen-bond donors (Lipinski definition) is 0. The van der Waals surface area contributed by atoms with E-state index in [9.17, 15) is 13.2 Å². The minimum absolute atomic E-state index is 0.0223. The van der Waals surface area contributed by atoms with Gasteiger partial charge in [0.25, 0.3) is 10.0 Å². The van der Waals surface area contributed by atoms with E-state index in [1.165, 1.54) is 21.7 Å². The van der Waals surface area contributed by atoms with Gasteiger partial charge in [0.2, 0.25) is 5.91 Å². The highest BCUT2D eigenvalue weighted by Crippen LogP contribution is 2.23. The van der Waals surface area contributed by atoms with Gasteiger partial charge >= 0.3 is 0 Å². The van der Waals surface area contributed by atoms with Crippen molar-refractivity contribution < 1.29 is 13.2 Å². The Morgan fingerprint density at radius 2 is 2.15 bits per heavy atom. The van der Waals surface area contributed by atoms with E-state index in [2.05, 4.69) is 4.98 Å². The number of amides is 1. The molecule has 2 heterocycles. The second kappa shape index (κ2) is 5.53. The third kappa shape index (κ3) is 2.85. The maximum Gasteiger partial charge on any atom is 0.262 e. The highest BCUT2D eigenvalue weighted by molar-refractivity contribution is 7.89. The number of aromatic nitrogens is 2. The second-order valence-corrected chi connectivity index (χ2v) is 7.20. The van der Waals surface area contributed by atoms with Crippen molar-refractivity contribution in [2.75, 3.05) is 27.2 Å². The third-order valence-electron chi connectivity index (χ3n) is 3.46. The number of nitrogens with zero attached hydrogens (tertiary/aromatic N) is 4. The van der Waals surface area contributed by atoms with Gasteiger partial charge in [-0.15, -0.1) is 0 Å². The summed E-state index contributed by atoms with van der Waals surface area (Å²) in [5.41, 5.74) is 0. The minimum Gasteiger partial charge on any atom is -0.349 e. The van der Waals surface area contributed by atoms with Crippen LogP contribution in [0.3, 0.4) is 0 Å². The summed E-state index contributed by atoms with van der Waals surface area (Å²) in [5, 5.41) is 0.0398. The van der Waals surface area contributed by atoms with Crippen LogP contribution in [0.1, 0.15) is 12.8 Å². The topological polar surface area (TPSA) is 75.5 Å². The van der Waals surface area contributed by atoms with E-state index in [0.717, 1.165) is 6.42 Å². The molecule has 7 nitrogen and oxygen atoms in total. The van der Waals surface area contributed by atoms with Crippen LogP contribution in [0.5, 0.6) is 0 Å². The van der Waals surface area contributed by atoms with Crippen LogP contribution in [-0.4, -0.2) is 60.3 Å². The second-order valence-electron chi connectivity index (χ2n) is 5.31. The van der Waals surface area contributed by atoms with Gasteiger partial charge in [0.15, 0.2) is 5.03 Å². The first-order valence-corrected chi connectivity index (χ1v) is 7.95. The van der Waals surface area contributed by atoms with Crippen LogP contribution in [0.2, 0.25) is 0 Å². The molecule has 0 saturated carbocycles. The smallest absolute Gasteiger partial charge is 0.262 e. The van der Waals surface area contributed by atoms with Crippen molar-refractivity contribution in [3.63, 3.8) is 0 Å². The lowest BCUT2D eigenvalue weighted by atomic mass is 9.98. The lowest BCUT2D eigenvalue weighted by Crippen LogP contribution is -2.45. The standard InChI is InChI=1S/C12H20N4O3S/c1-14(2)12(17)10-5-4-6-16(7-10)20(18,19)11-8-15(3)9-13-11/h8-10H,4-7H2,1-3H3. The molecule has 1 fully saturated rings. The lowest BCUT2D eigenvalue weighted by Gasteiger charge is -2.31. The Balaban J connectivity index is 2.18. The van der Waals surface area contributed by atoms with Crippen LogP contribution in [0.15, 0.2) is 17.6 Å². The van der Waals surface area contributed by atoms with E-state index in [1.54, 1.807) is 25.7 Å². The number of rotatable bonds is 3. The molecule has 1 aromatic heterocycles. The number of carbonyl (C=O) groups excluding carboxylic acids is 1. The van der Waals surface area contributed by atoms with E-state index in [1.807, 2.05) is 0 Å². The van der Waals surface area contributed by atoms with Gasteiger partial charge in [-0.25, -0.2) is 13.4 Å². The lowest BCUT2D eigenvalue weighted by molar-refractivity contribution is -0.134. The predicted octanol–water partition coefficient (Wildman–Crippen LogP) is -0.0910. The molecular weight excluding hydrogens is 280 g/mol. The van der Waals surface area contributed by atoms with E-state index < -0.39 is 10.0 Å². The van der Waals surface area contributed by atoms with Crippen molar-refractivity contribution in [2.24, 2.45) is 13.0 Å². The number of sulfonamides is 1. The summed E-state index contributed by atoms with van der Waals surface area (Å²) in [4.78, 5) is 17.4. The van der Waals surface area contributed by atoms with Gasteiger partial charge in [0.1, 0.15) is 0 Å². The molecule has 0 aliphatic carbocycles. The van der Waals surface area contributed by atoms with E-state index >= 15 is 0 Å². The summed E-state index contributed by atoms with van der Waals surface area (Å²) in [6.45, 7) is 0.673. The van der Waals surface area contributed by atoms with Crippen LogP contribution < -0.4 is 0 Å². The van der Waals surface area contributed by atoms with Crippen LogP contribution >= 0.6 is 0 Å². The Morgan fingerprint density at radius 1 is 1.45 bits per heavy atom. The van der Waals surface area contributed by atoms with Gasteiger partial charge < -0.3 is 9.47 Å². The summed E-state index contributed by atoms with van der Waals surface area (Å²) >= 11 is 0. The first-order chi connectivity index (χ1) is 9.32. The number of imidazole rings is 1. The number of hydrogen-bond acceptors (Lipinski definition) is 4. The molecule has 1 unspecified atom stereocenters. The fraction of sp³-hybridized carbons (Fsp3) is 0.667. The normalized spacial score (nSPS) is 20.9. The van der Waals surface area contributed by atoms with Crippen LogP contribution in [0.4, 0.5) is 0 Å². The quantitative estimate of drug-likeness (QED) is 0.782. The average molecular weight is 300 g/mol. The monoisotopic (exact) mass is 300 g/mol. The highest BCUT2D eigenvalue weighted by atomic mass is 32.2. The van der Waals surface area contributed by atoms with Crippen LogP contribution in [0.25, 0.3) is 0 Å². The van der Waals surface area contributed by atoms with Crippen LogP contribution in [-0.2, 0) is 21.9 Å². The molecule has 1 aliphatic heterocycles. The molecule has 1 saturated heterocycles.